The predicted molar refractivity (Wildman–Crippen MR) is 76.3 cm³/mol. The van der Waals surface area contributed by atoms with Crippen LogP contribution in [0.15, 0.2) is 36.7 Å². The number of ether oxygens (including phenoxy) is 1. The Morgan fingerprint density at radius 1 is 1.38 bits per heavy atom. The second kappa shape index (κ2) is 5.40. The second-order valence-electron chi connectivity index (χ2n) is 4.98. The van der Waals surface area contributed by atoms with E-state index in [1.165, 1.54) is 7.11 Å². The van der Waals surface area contributed by atoms with Crippen molar-refractivity contribution >= 4 is 17.6 Å². The van der Waals surface area contributed by atoms with Gasteiger partial charge in [-0.25, -0.2) is 4.98 Å². The van der Waals surface area contributed by atoms with Gasteiger partial charge in [0.1, 0.15) is 5.82 Å². The Kier molecular flexibility index (Phi) is 3.43. The van der Waals surface area contributed by atoms with Crippen molar-refractivity contribution in [3.05, 3.63) is 36.7 Å². The molecule has 2 aromatic rings. The molecule has 1 aliphatic rings. The van der Waals surface area contributed by atoms with Gasteiger partial charge in [-0.2, -0.15) is 0 Å². The van der Waals surface area contributed by atoms with Crippen molar-refractivity contribution in [2.75, 3.05) is 12.4 Å². The molecule has 3 rings (SSSR count). The van der Waals surface area contributed by atoms with E-state index in [4.69, 9.17) is 0 Å². The predicted octanol–water partition coefficient (Wildman–Crippen LogP) is 1.82. The van der Waals surface area contributed by atoms with Gasteiger partial charge in [0.05, 0.1) is 18.9 Å². The number of rotatable bonds is 4. The molecule has 1 saturated carbocycles. The minimum absolute atomic E-state index is 0.151. The van der Waals surface area contributed by atoms with Crippen LogP contribution in [0, 0.1) is 11.8 Å². The van der Waals surface area contributed by atoms with Crippen LogP contribution >= 0.6 is 0 Å². The number of benzene rings is 1. The minimum Gasteiger partial charge on any atom is -0.469 e. The first kappa shape index (κ1) is 13.4. The summed E-state index contributed by atoms with van der Waals surface area (Å²) in [4.78, 5) is 30.6. The van der Waals surface area contributed by atoms with Crippen molar-refractivity contribution in [3.63, 3.8) is 0 Å². The van der Waals surface area contributed by atoms with E-state index in [0.717, 1.165) is 11.4 Å². The standard InChI is InChI=1S/C15H15N3O3/c1-21-15(20)12-8-11(12)14(19)18-10-4-2-3-9(7-10)13-16-5-6-17-13/h2-7,11-12H,8H2,1H3,(H,16,17)(H,18,19)/t11-,12+/m1/s1. The average Bonchev–Trinajstić information content (AvgIpc) is 3.12. The quantitative estimate of drug-likeness (QED) is 0.839. The summed E-state index contributed by atoms with van der Waals surface area (Å²) in [7, 11) is 1.34. The number of carbonyl (C=O) groups excluding carboxylic acids is 2. The van der Waals surface area contributed by atoms with E-state index in [-0.39, 0.29) is 23.7 Å². The Bertz CT molecular complexity index is 667. The number of methoxy groups -OCH3 is 1. The van der Waals surface area contributed by atoms with Crippen LogP contribution in [0.2, 0.25) is 0 Å². The number of aromatic amines is 1. The molecule has 0 bridgehead atoms. The number of hydrogen-bond donors (Lipinski definition) is 2. The maximum atomic E-state index is 12.1. The lowest BCUT2D eigenvalue weighted by Gasteiger charge is -2.06. The number of esters is 1. The van der Waals surface area contributed by atoms with Gasteiger partial charge in [0.15, 0.2) is 0 Å². The van der Waals surface area contributed by atoms with Crippen LogP contribution in [0.25, 0.3) is 11.4 Å². The highest BCUT2D eigenvalue weighted by molar-refractivity contribution is 5.98. The number of aromatic nitrogens is 2. The Morgan fingerprint density at radius 2 is 2.24 bits per heavy atom. The molecule has 2 atom stereocenters. The van der Waals surface area contributed by atoms with Crippen LogP contribution in [-0.4, -0.2) is 29.0 Å². The number of nitrogens with one attached hydrogen (secondary N) is 2. The Hall–Kier alpha value is -2.63. The normalized spacial score (nSPS) is 19.9. The maximum absolute atomic E-state index is 12.1. The van der Waals surface area contributed by atoms with E-state index in [9.17, 15) is 9.59 Å². The molecule has 6 nitrogen and oxygen atoms in total. The summed E-state index contributed by atoms with van der Waals surface area (Å²) in [5, 5.41) is 2.83. The smallest absolute Gasteiger partial charge is 0.309 e. The summed E-state index contributed by atoms with van der Waals surface area (Å²) in [5.74, 6) is -0.320. The summed E-state index contributed by atoms with van der Waals surface area (Å²) in [6.45, 7) is 0. The molecule has 1 amide bonds. The minimum atomic E-state index is -0.320. The number of nitrogens with zero attached hydrogens (tertiary/aromatic N) is 1. The van der Waals surface area contributed by atoms with E-state index in [1.807, 2.05) is 18.2 Å². The molecule has 6 heteroatoms. The lowest BCUT2D eigenvalue weighted by Crippen LogP contribution is -2.17. The molecule has 0 aliphatic heterocycles. The van der Waals surface area contributed by atoms with Gasteiger partial charge >= 0.3 is 5.97 Å². The summed E-state index contributed by atoms with van der Waals surface area (Å²) < 4.78 is 4.64. The number of H-pyrrole nitrogens is 1. The zero-order valence-electron chi connectivity index (χ0n) is 11.5. The molecular formula is C15H15N3O3. The fourth-order valence-electron chi connectivity index (χ4n) is 2.30. The molecule has 1 aromatic heterocycles. The fourth-order valence-corrected chi connectivity index (χ4v) is 2.30. The zero-order valence-corrected chi connectivity index (χ0v) is 11.5. The summed E-state index contributed by atoms with van der Waals surface area (Å²) in [5.41, 5.74) is 1.57. The van der Waals surface area contributed by atoms with Gasteiger partial charge in [0, 0.05) is 23.6 Å². The van der Waals surface area contributed by atoms with E-state index < -0.39 is 0 Å². The second-order valence-corrected chi connectivity index (χ2v) is 4.98. The lowest BCUT2D eigenvalue weighted by atomic mass is 10.2. The Morgan fingerprint density at radius 3 is 2.95 bits per heavy atom. The zero-order chi connectivity index (χ0) is 14.8. The van der Waals surface area contributed by atoms with Crippen molar-refractivity contribution in [1.82, 2.24) is 9.97 Å². The number of anilines is 1. The molecular weight excluding hydrogens is 270 g/mol. The third-order valence-electron chi connectivity index (χ3n) is 3.53. The summed E-state index contributed by atoms with van der Waals surface area (Å²) in [6, 6.07) is 7.40. The Balaban J connectivity index is 1.67. The molecule has 0 saturated heterocycles. The fraction of sp³-hybridized carbons (Fsp3) is 0.267. The SMILES string of the molecule is COC(=O)[C@H]1C[C@H]1C(=O)Nc1cccc(-c2ncc[nH]2)c1. The van der Waals surface area contributed by atoms with Crippen LogP contribution in [0.1, 0.15) is 6.42 Å². The van der Waals surface area contributed by atoms with Crippen molar-refractivity contribution in [3.8, 4) is 11.4 Å². The van der Waals surface area contributed by atoms with Crippen LogP contribution in [-0.2, 0) is 14.3 Å². The average molecular weight is 285 g/mol. The summed E-state index contributed by atoms with van der Waals surface area (Å²) >= 11 is 0. The topological polar surface area (TPSA) is 84.1 Å². The van der Waals surface area contributed by atoms with Crippen molar-refractivity contribution < 1.29 is 14.3 Å². The van der Waals surface area contributed by atoms with E-state index in [2.05, 4.69) is 20.0 Å². The highest BCUT2D eigenvalue weighted by atomic mass is 16.5. The van der Waals surface area contributed by atoms with Crippen molar-refractivity contribution in [2.45, 2.75) is 6.42 Å². The number of amides is 1. The molecule has 1 aliphatic carbocycles. The molecule has 1 aromatic carbocycles. The van der Waals surface area contributed by atoms with Crippen LogP contribution < -0.4 is 5.32 Å². The van der Waals surface area contributed by atoms with Gasteiger partial charge in [-0.15, -0.1) is 0 Å². The van der Waals surface area contributed by atoms with E-state index >= 15 is 0 Å². The molecule has 1 heterocycles. The highest BCUT2D eigenvalue weighted by Crippen LogP contribution is 2.40. The van der Waals surface area contributed by atoms with Crippen LogP contribution in [0.4, 0.5) is 5.69 Å². The third kappa shape index (κ3) is 2.79. The van der Waals surface area contributed by atoms with Gasteiger partial charge < -0.3 is 15.0 Å². The molecule has 2 N–H and O–H groups in total. The van der Waals surface area contributed by atoms with E-state index in [1.54, 1.807) is 18.5 Å². The first-order valence-corrected chi connectivity index (χ1v) is 6.67. The number of imidazole rings is 1. The summed E-state index contributed by atoms with van der Waals surface area (Å²) in [6.07, 6.45) is 3.97. The van der Waals surface area contributed by atoms with Gasteiger partial charge in [0.2, 0.25) is 5.91 Å². The Labute approximate surface area is 121 Å². The van der Waals surface area contributed by atoms with Crippen molar-refractivity contribution in [1.29, 1.82) is 0 Å². The number of carbonyl (C=O) groups is 2. The third-order valence-corrected chi connectivity index (χ3v) is 3.53. The molecule has 0 spiro atoms. The van der Waals surface area contributed by atoms with Gasteiger partial charge in [-0.3, -0.25) is 9.59 Å². The molecule has 0 radical (unpaired) electrons. The largest absolute Gasteiger partial charge is 0.469 e. The van der Waals surface area contributed by atoms with Gasteiger partial charge in [-0.1, -0.05) is 12.1 Å². The van der Waals surface area contributed by atoms with Crippen molar-refractivity contribution in [2.24, 2.45) is 11.8 Å². The van der Waals surface area contributed by atoms with Crippen LogP contribution in [0.3, 0.4) is 0 Å². The molecule has 21 heavy (non-hydrogen) atoms. The van der Waals surface area contributed by atoms with Gasteiger partial charge in [-0.05, 0) is 18.6 Å². The number of hydrogen-bond acceptors (Lipinski definition) is 4. The molecule has 1 fully saturated rings. The first-order chi connectivity index (χ1) is 10.2. The highest BCUT2D eigenvalue weighted by Gasteiger charge is 2.48. The monoisotopic (exact) mass is 285 g/mol. The first-order valence-electron chi connectivity index (χ1n) is 6.67. The van der Waals surface area contributed by atoms with Crippen LogP contribution in [0.5, 0.6) is 0 Å². The van der Waals surface area contributed by atoms with Gasteiger partial charge in [0.25, 0.3) is 0 Å². The maximum Gasteiger partial charge on any atom is 0.309 e. The molecule has 0 unspecified atom stereocenters. The molecule has 108 valence electrons. The lowest BCUT2D eigenvalue weighted by molar-refractivity contribution is -0.143. The van der Waals surface area contributed by atoms with E-state index in [0.29, 0.717) is 12.1 Å².